The van der Waals surface area contributed by atoms with Crippen LogP contribution in [-0.2, 0) is 6.54 Å². The smallest absolute Gasteiger partial charge is 0.269 e. The fraction of sp³-hybridized carbons (Fsp3) is 0.421. The molecule has 1 fully saturated rings. The Balaban J connectivity index is 0.00000280. The molecule has 0 radical (unpaired) electrons. The Morgan fingerprint density at radius 1 is 1.25 bits per heavy atom. The van der Waals surface area contributed by atoms with E-state index < -0.39 is 4.92 Å². The molecule has 2 heterocycles. The summed E-state index contributed by atoms with van der Waals surface area (Å²) in [5, 5.41) is 17.3. The van der Waals surface area contributed by atoms with E-state index in [1.165, 1.54) is 25.0 Å². The quantitative estimate of drug-likeness (QED) is 0.200. The molecule has 0 saturated carbocycles. The van der Waals surface area contributed by atoms with Gasteiger partial charge in [-0.25, -0.2) is 0 Å². The van der Waals surface area contributed by atoms with Gasteiger partial charge in [-0.15, -0.1) is 24.0 Å². The number of halogens is 1. The van der Waals surface area contributed by atoms with E-state index in [-0.39, 0.29) is 35.7 Å². The van der Waals surface area contributed by atoms with Crippen LogP contribution >= 0.6 is 24.0 Å². The summed E-state index contributed by atoms with van der Waals surface area (Å²) >= 11 is 0. The summed E-state index contributed by atoms with van der Waals surface area (Å²) in [6.07, 6.45) is 4.13. The summed E-state index contributed by atoms with van der Waals surface area (Å²) in [4.78, 5) is 17.0. The Bertz CT molecular complexity index is 758. The van der Waals surface area contributed by atoms with Crippen molar-refractivity contribution in [2.24, 2.45) is 4.99 Å². The van der Waals surface area contributed by atoms with Gasteiger partial charge in [-0.1, -0.05) is 12.1 Å². The zero-order valence-electron chi connectivity index (χ0n) is 15.8. The topological polar surface area (TPSA) is 95.9 Å². The molecule has 2 aromatic rings. The molecule has 1 aliphatic heterocycles. The number of hydrogen-bond donors (Lipinski definition) is 2. The third-order valence-electron chi connectivity index (χ3n) is 4.75. The van der Waals surface area contributed by atoms with Crippen molar-refractivity contribution in [2.75, 3.05) is 26.7 Å². The number of nitrogens with one attached hydrogen (secondary N) is 2. The minimum Gasteiger partial charge on any atom is -0.468 e. The van der Waals surface area contributed by atoms with Gasteiger partial charge in [0, 0.05) is 32.3 Å². The molecule has 1 unspecified atom stereocenters. The van der Waals surface area contributed by atoms with E-state index in [0.717, 1.165) is 24.4 Å². The van der Waals surface area contributed by atoms with Crippen LogP contribution in [0.15, 0.2) is 52.1 Å². The van der Waals surface area contributed by atoms with Gasteiger partial charge in [-0.2, -0.15) is 0 Å². The molecule has 28 heavy (non-hydrogen) atoms. The predicted molar refractivity (Wildman–Crippen MR) is 119 cm³/mol. The van der Waals surface area contributed by atoms with E-state index in [4.69, 9.17) is 4.42 Å². The van der Waals surface area contributed by atoms with Crippen molar-refractivity contribution in [3.05, 3.63) is 64.1 Å². The van der Waals surface area contributed by atoms with Crippen molar-refractivity contribution >= 4 is 35.6 Å². The van der Waals surface area contributed by atoms with E-state index in [2.05, 4.69) is 20.5 Å². The van der Waals surface area contributed by atoms with Gasteiger partial charge in [0.15, 0.2) is 5.96 Å². The van der Waals surface area contributed by atoms with Gasteiger partial charge in [-0.3, -0.25) is 20.0 Å². The number of rotatable bonds is 7. The molecule has 8 nitrogen and oxygen atoms in total. The highest BCUT2D eigenvalue weighted by Gasteiger charge is 2.25. The second-order valence-corrected chi connectivity index (χ2v) is 6.50. The van der Waals surface area contributed by atoms with Gasteiger partial charge in [0.05, 0.1) is 17.2 Å². The third-order valence-corrected chi connectivity index (χ3v) is 4.75. The summed E-state index contributed by atoms with van der Waals surface area (Å²) in [7, 11) is 1.73. The maximum atomic E-state index is 10.7. The van der Waals surface area contributed by atoms with Gasteiger partial charge in [0.25, 0.3) is 5.69 Å². The van der Waals surface area contributed by atoms with Crippen LogP contribution in [0, 0.1) is 10.1 Å². The van der Waals surface area contributed by atoms with Crippen molar-refractivity contribution < 1.29 is 9.34 Å². The van der Waals surface area contributed by atoms with Crippen molar-refractivity contribution in [1.82, 2.24) is 15.5 Å². The highest BCUT2D eigenvalue weighted by Crippen LogP contribution is 2.24. The highest BCUT2D eigenvalue weighted by molar-refractivity contribution is 14.0. The SMILES string of the molecule is CN=C(NCc1ccc([N+](=O)[O-])cc1)NCC(c1ccco1)N1CCCC1.I. The van der Waals surface area contributed by atoms with Gasteiger partial charge in [0.1, 0.15) is 5.76 Å². The number of guanidine groups is 1. The summed E-state index contributed by atoms with van der Waals surface area (Å²) in [6, 6.07) is 10.6. The zero-order valence-corrected chi connectivity index (χ0v) is 18.2. The highest BCUT2D eigenvalue weighted by atomic mass is 127. The lowest BCUT2D eigenvalue weighted by Gasteiger charge is -2.26. The van der Waals surface area contributed by atoms with E-state index in [9.17, 15) is 10.1 Å². The number of benzene rings is 1. The number of furan rings is 1. The molecule has 0 spiro atoms. The number of non-ortho nitro benzene ring substituents is 1. The van der Waals surface area contributed by atoms with Gasteiger partial charge in [-0.05, 0) is 43.6 Å². The molecule has 2 N–H and O–H groups in total. The fourth-order valence-electron chi connectivity index (χ4n) is 3.28. The van der Waals surface area contributed by atoms with Crippen LogP contribution in [0.3, 0.4) is 0 Å². The second-order valence-electron chi connectivity index (χ2n) is 6.50. The molecule has 0 bridgehead atoms. The summed E-state index contributed by atoms with van der Waals surface area (Å²) in [5.41, 5.74) is 1.04. The fourth-order valence-corrected chi connectivity index (χ4v) is 3.28. The lowest BCUT2D eigenvalue weighted by molar-refractivity contribution is -0.384. The first-order chi connectivity index (χ1) is 13.2. The number of aliphatic imine (C=N–C) groups is 1. The molecule has 1 aromatic heterocycles. The molecule has 1 saturated heterocycles. The first-order valence-corrected chi connectivity index (χ1v) is 9.12. The molecular weight excluding hydrogens is 473 g/mol. The molecular formula is C19H26IN5O3. The number of nitrogens with zero attached hydrogens (tertiary/aromatic N) is 3. The molecule has 0 aliphatic carbocycles. The first kappa shape index (κ1) is 22.2. The van der Waals surface area contributed by atoms with Crippen LogP contribution in [-0.4, -0.2) is 42.5 Å². The molecule has 3 rings (SSSR count). The van der Waals surface area contributed by atoms with E-state index in [1.54, 1.807) is 25.4 Å². The predicted octanol–water partition coefficient (Wildman–Crippen LogP) is 3.31. The van der Waals surface area contributed by atoms with Crippen LogP contribution in [0.2, 0.25) is 0 Å². The van der Waals surface area contributed by atoms with Crippen molar-refractivity contribution in [3.63, 3.8) is 0 Å². The summed E-state index contributed by atoms with van der Waals surface area (Å²) in [6.45, 7) is 3.37. The van der Waals surface area contributed by atoms with Crippen molar-refractivity contribution in [1.29, 1.82) is 0 Å². The van der Waals surface area contributed by atoms with E-state index in [1.807, 2.05) is 12.1 Å². The molecule has 1 aromatic carbocycles. The van der Waals surface area contributed by atoms with Gasteiger partial charge in [0.2, 0.25) is 0 Å². The van der Waals surface area contributed by atoms with Crippen molar-refractivity contribution in [2.45, 2.75) is 25.4 Å². The monoisotopic (exact) mass is 499 g/mol. The standard InChI is InChI=1S/C19H25N5O3.HI/c1-20-19(21-13-15-6-8-16(9-7-15)24(25)26)22-14-17(18-5-4-12-27-18)23-10-2-3-11-23;/h4-9,12,17H,2-3,10-11,13-14H2,1H3,(H2,20,21,22);1H. The van der Waals surface area contributed by atoms with Crippen LogP contribution in [0.1, 0.15) is 30.2 Å². The minimum absolute atomic E-state index is 0. The van der Waals surface area contributed by atoms with Crippen LogP contribution < -0.4 is 10.6 Å². The molecule has 1 aliphatic rings. The number of nitro benzene ring substituents is 1. The second kappa shape index (κ2) is 11.0. The molecule has 9 heteroatoms. The normalized spacial score (nSPS) is 15.7. The number of nitro groups is 1. The maximum absolute atomic E-state index is 10.7. The van der Waals surface area contributed by atoms with Crippen LogP contribution in [0.25, 0.3) is 0 Å². The Kier molecular flexibility index (Phi) is 8.71. The van der Waals surface area contributed by atoms with Crippen molar-refractivity contribution in [3.8, 4) is 0 Å². The van der Waals surface area contributed by atoms with Crippen LogP contribution in [0.5, 0.6) is 0 Å². The Morgan fingerprint density at radius 2 is 1.96 bits per heavy atom. The van der Waals surface area contributed by atoms with Crippen LogP contribution in [0.4, 0.5) is 5.69 Å². The average molecular weight is 499 g/mol. The van der Waals surface area contributed by atoms with Gasteiger partial charge < -0.3 is 15.1 Å². The lowest BCUT2D eigenvalue weighted by atomic mass is 10.2. The average Bonchev–Trinajstić information content (AvgIpc) is 3.39. The molecule has 1 atom stereocenters. The van der Waals surface area contributed by atoms with E-state index >= 15 is 0 Å². The Hall–Kier alpha value is -2.14. The Labute approximate surface area is 181 Å². The van der Waals surface area contributed by atoms with E-state index in [0.29, 0.717) is 19.0 Å². The molecule has 152 valence electrons. The summed E-state index contributed by atoms with van der Waals surface area (Å²) in [5.74, 6) is 1.64. The number of hydrogen-bond acceptors (Lipinski definition) is 5. The van der Waals surface area contributed by atoms with Gasteiger partial charge >= 0.3 is 0 Å². The zero-order chi connectivity index (χ0) is 19.1. The first-order valence-electron chi connectivity index (χ1n) is 9.12. The minimum atomic E-state index is -0.398. The largest absolute Gasteiger partial charge is 0.468 e. The lowest BCUT2D eigenvalue weighted by Crippen LogP contribution is -2.42. The number of likely N-dealkylation sites (tertiary alicyclic amines) is 1. The maximum Gasteiger partial charge on any atom is 0.269 e. The summed E-state index contributed by atoms with van der Waals surface area (Å²) < 4.78 is 5.64. The molecule has 0 amide bonds. The Morgan fingerprint density at radius 3 is 2.54 bits per heavy atom. The third kappa shape index (κ3) is 5.93.